The van der Waals surface area contributed by atoms with Crippen LogP contribution in [-0.4, -0.2) is 76.9 Å². The van der Waals surface area contributed by atoms with Gasteiger partial charge in [0.15, 0.2) is 6.29 Å². The van der Waals surface area contributed by atoms with Gasteiger partial charge in [-0.25, -0.2) is 14.8 Å². The minimum absolute atomic E-state index is 0.0324. The molecule has 1 aliphatic heterocycles. The third kappa shape index (κ3) is 6.39. The van der Waals surface area contributed by atoms with Gasteiger partial charge in [0.2, 0.25) is 5.95 Å². The van der Waals surface area contributed by atoms with Gasteiger partial charge in [-0.2, -0.15) is 0 Å². The van der Waals surface area contributed by atoms with E-state index in [0.717, 1.165) is 18.7 Å². The van der Waals surface area contributed by atoms with Crippen molar-refractivity contribution in [2.75, 3.05) is 37.6 Å². The maximum atomic E-state index is 13.0. The van der Waals surface area contributed by atoms with Crippen molar-refractivity contribution in [1.82, 2.24) is 20.2 Å². The Kier molecular flexibility index (Phi) is 8.15. The lowest BCUT2D eigenvalue weighted by Crippen LogP contribution is -2.51. The molecule has 0 radical (unpaired) electrons. The lowest BCUT2D eigenvalue weighted by Gasteiger charge is -2.36. The van der Waals surface area contributed by atoms with Crippen molar-refractivity contribution in [3.05, 3.63) is 95.3 Å². The standard InChI is InChI=1S/C27H27N5O4/c33-19-21-16-28-27(29-17-21)32-14-12-31(13-15-32)18-22(11-10-20-6-2-1-3-7-20)30-25(34)23-8-4-5-9-24(23)26(35)36/h1-11,16-17,19,22H,12-15,18H2,(H,30,34)(H,35,36)/b11-10+. The van der Waals surface area contributed by atoms with Crippen molar-refractivity contribution in [2.24, 2.45) is 0 Å². The van der Waals surface area contributed by atoms with Crippen LogP contribution in [0.5, 0.6) is 0 Å². The molecular formula is C27H27N5O4. The summed E-state index contributed by atoms with van der Waals surface area (Å²) in [7, 11) is 0. The summed E-state index contributed by atoms with van der Waals surface area (Å²) in [4.78, 5) is 48.3. The van der Waals surface area contributed by atoms with E-state index in [-0.39, 0.29) is 17.2 Å². The van der Waals surface area contributed by atoms with Crippen LogP contribution in [0, 0.1) is 0 Å². The van der Waals surface area contributed by atoms with Gasteiger partial charge in [0.1, 0.15) is 0 Å². The summed E-state index contributed by atoms with van der Waals surface area (Å²) in [6.07, 6.45) is 7.62. The highest BCUT2D eigenvalue weighted by atomic mass is 16.4. The molecule has 36 heavy (non-hydrogen) atoms. The van der Waals surface area contributed by atoms with Crippen molar-refractivity contribution in [1.29, 1.82) is 0 Å². The van der Waals surface area contributed by atoms with E-state index in [1.807, 2.05) is 42.5 Å². The van der Waals surface area contributed by atoms with E-state index in [1.165, 1.54) is 24.5 Å². The maximum Gasteiger partial charge on any atom is 0.336 e. The zero-order valence-corrected chi connectivity index (χ0v) is 19.7. The van der Waals surface area contributed by atoms with Crippen molar-refractivity contribution in [3.63, 3.8) is 0 Å². The number of aromatic carboxylic acids is 1. The van der Waals surface area contributed by atoms with E-state index in [0.29, 0.717) is 37.4 Å². The predicted molar refractivity (Wildman–Crippen MR) is 136 cm³/mol. The van der Waals surface area contributed by atoms with Crippen LogP contribution >= 0.6 is 0 Å². The number of aromatic nitrogens is 2. The maximum absolute atomic E-state index is 13.0. The van der Waals surface area contributed by atoms with Gasteiger partial charge in [-0.15, -0.1) is 0 Å². The molecule has 1 aromatic heterocycles. The molecule has 184 valence electrons. The first-order valence-corrected chi connectivity index (χ1v) is 11.6. The second-order valence-corrected chi connectivity index (χ2v) is 8.42. The molecule has 0 aliphatic carbocycles. The highest BCUT2D eigenvalue weighted by molar-refractivity contribution is 6.04. The number of carboxylic acid groups (broad SMARTS) is 1. The summed E-state index contributed by atoms with van der Waals surface area (Å²) in [5, 5.41) is 12.5. The molecule has 1 aliphatic rings. The number of anilines is 1. The Morgan fingerprint density at radius 1 is 0.917 bits per heavy atom. The van der Waals surface area contributed by atoms with Crippen LogP contribution in [0.2, 0.25) is 0 Å². The first kappa shape index (κ1) is 24.7. The Hall–Kier alpha value is -4.37. The number of hydrogen-bond acceptors (Lipinski definition) is 7. The van der Waals surface area contributed by atoms with E-state index in [2.05, 4.69) is 25.1 Å². The van der Waals surface area contributed by atoms with Gasteiger partial charge < -0.3 is 15.3 Å². The molecule has 2 aromatic carbocycles. The van der Waals surface area contributed by atoms with Crippen molar-refractivity contribution in [2.45, 2.75) is 6.04 Å². The molecule has 3 aromatic rings. The summed E-state index contributed by atoms with van der Waals surface area (Å²) < 4.78 is 0. The van der Waals surface area contributed by atoms with Gasteiger partial charge in [-0.3, -0.25) is 14.5 Å². The number of piperazine rings is 1. The van der Waals surface area contributed by atoms with Crippen molar-refractivity contribution >= 4 is 30.2 Å². The Balaban J connectivity index is 1.44. The van der Waals surface area contributed by atoms with E-state index in [4.69, 9.17) is 0 Å². The topological polar surface area (TPSA) is 116 Å². The monoisotopic (exact) mass is 485 g/mol. The molecule has 4 rings (SSSR count). The molecule has 1 atom stereocenters. The summed E-state index contributed by atoms with van der Waals surface area (Å²) in [6.45, 7) is 3.42. The van der Waals surface area contributed by atoms with Crippen LogP contribution in [0.4, 0.5) is 5.95 Å². The number of hydrogen-bond donors (Lipinski definition) is 2. The fraction of sp³-hybridized carbons (Fsp3) is 0.222. The van der Waals surface area contributed by atoms with Crippen LogP contribution in [0.25, 0.3) is 6.08 Å². The zero-order valence-electron chi connectivity index (χ0n) is 19.7. The molecule has 0 spiro atoms. The van der Waals surface area contributed by atoms with E-state index < -0.39 is 11.9 Å². The normalized spacial score (nSPS) is 14.9. The van der Waals surface area contributed by atoms with Gasteiger partial charge in [0.05, 0.1) is 22.7 Å². The van der Waals surface area contributed by atoms with Crippen LogP contribution < -0.4 is 10.2 Å². The van der Waals surface area contributed by atoms with Crippen LogP contribution in [0.3, 0.4) is 0 Å². The molecule has 2 heterocycles. The number of aldehydes is 1. The van der Waals surface area contributed by atoms with E-state index in [1.54, 1.807) is 12.1 Å². The highest BCUT2D eigenvalue weighted by Crippen LogP contribution is 2.13. The number of carboxylic acids is 1. The second kappa shape index (κ2) is 11.9. The predicted octanol–water partition coefficient (Wildman–Crippen LogP) is 2.62. The van der Waals surface area contributed by atoms with E-state index in [9.17, 15) is 19.5 Å². The largest absolute Gasteiger partial charge is 0.478 e. The molecule has 1 amide bonds. The Morgan fingerprint density at radius 2 is 1.56 bits per heavy atom. The molecule has 1 saturated heterocycles. The number of rotatable bonds is 9. The average Bonchev–Trinajstić information content (AvgIpc) is 2.92. The quantitative estimate of drug-likeness (QED) is 0.445. The smallest absolute Gasteiger partial charge is 0.336 e. The molecule has 0 bridgehead atoms. The van der Waals surface area contributed by atoms with Gasteiger partial charge in [-0.1, -0.05) is 54.6 Å². The molecule has 0 saturated carbocycles. The van der Waals surface area contributed by atoms with Crippen molar-refractivity contribution in [3.8, 4) is 0 Å². The van der Waals surface area contributed by atoms with Crippen LogP contribution in [0.15, 0.2) is 73.1 Å². The minimum Gasteiger partial charge on any atom is -0.478 e. The second-order valence-electron chi connectivity index (χ2n) is 8.42. The summed E-state index contributed by atoms with van der Waals surface area (Å²) in [5.74, 6) is -0.992. The third-order valence-electron chi connectivity index (χ3n) is 5.94. The van der Waals surface area contributed by atoms with Crippen LogP contribution in [0.1, 0.15) is 36.6 Å². The summed E-state index contributed by atoms with van der Waals surface area (Å²) in [6, 6.07) is 15.6. The number of benzene rings is 2. The van der Waals surface area contributed by atoms with Gasteiger partial charge in [0.25, 0.3) is 5.91 Å². The SMILES string of the molecule is O=Cc1cnc(N2CCN(CC(/C=C/c3ccccc3)NC(=O)c3ccccc3C(=O)O)CC2)nc1. The summed E-state index contributed by atoms with van der Waals surface area (Å²) >= 11 is 0. The van der Waals surface area contributed by atoms with Gasteiger partial charge in [-0.05, 0) is 17.7 Å². The number of carbonyl (C=O) groups excluding carboxylic acids is 2. The first-order chi connectivity index (χ1) is 17.5. The first-order valence-electron chi connectivity index (χ1n) is 11.6. The number of amides is 1. The summed E-state index contributed by atoms with van der Waals surface area (Å²) in [5.41, 5.74) is 1.54. The Labute approximate surface area is 209 Å². The Morgan fingerprint density at radius 3 is 2.19 bits per heavy atom. The lowest BCUT2D eigenvalue weighted by molar-refractivity contribution is 0.0690. The van der Waals surface area contributed by atoms with Gasteiger partial charge in [0, 0.05) is 45.1 Å². The molecule has 2 N–H and O–H groups in total. The molecular weight excluding hydrogens is 458 g/mol. The molecule has 9 nitrogen and oxygen atoms in total. The van der Waals surface area contributed by atoms with E-state index >= 15 is 0 Å². The van der Waals surface area contributed by atoms with Crippen molar-refractivity contribution < 1.29 is 19.5 Å². The zero-order chi connectivity index (χ0) is 25.3. The molecule has 1 unspecified atom stereocenters. The average molecular weight is 486 g/mol. The minimum atomic E-state index is -1.14. The fourth-order valence-electron chi connectivity index (χ4n) is 4.02. The lowest BCUT2D eigenvalue weighted by atomic mass is 10.1. The van der Waals surface area contributed by atoms with Crippen LogP contribution in [-0.2, 0) is 0 Å². The molecule has 1 fully saturated rings. The Bertz CT molecular complexity index is 1220. The van der Waals surface area contributed by atoms with Gasteiger partial charge >= 0.3 is 5.97 Å². The third-order valence-corrected chi connectivity index (χ3v) is 5.94. The number of nitrogens with zero attached hydrogens (tertiary/aromatic N) is 4. The fourth-order valence-corrected chi connectivity index (χ4v) is 4.02. The number of nitrogens with one attached hydrogen (secondary N) is 1. The molecule has 9 heteroatoms. The number of carbonyl (C=O) groups is 3. The highest BCUT2D eigenvalue weighted by Gasteiger charge is 2.23.